The molecule has 0 aromatic heterocycles. The van der Waals surface area contributed by atoms with Crippen LogP contribution in [-0.4, -0.2) is 22.5 Å². The number of nitrogens with two attached hydrogens (primary N) is 1. The van der Waals surface area contributed by atoms with Crippen molar-refractivity contribution in [3.8, 4) is 5.75 Å². The van der Waals surface area contributed by atoms with E-state index in [1.165, 1.54) is 12.8 Å². The van der Waals surface area contributed by atoms with Gasteiger partial charge in [0.1, 0.15) is 5.75 Å². The number of phosphoric ester groups is 1. The van der Waals surface area contributed by atoms with Gasteiger partial charge in [-0.15, -0.1) is 0 Å². The van der Waals surface area contributed by atoms with Crippen LogP contribution >= 0.6 is 7.82 Å². The largest absolute Gasteiger partial charge is 0.490 e. The fraction of sp³-hybridized carbons (Fsp3) is 0.565. The molecule has 6 nitrogen and oxygen atoms in total. The minimum atomic E-state index is -4.57. The molecule has 0 aliphatic heterocycles. The van der Waals surface area contributed by atoms with Crippen molar-refractivity contribution >= 4 is 18.6 Å². The van der Waals surface area contributed by atoms with Gasteiger partial charge in [0.05, 0.1) is 18.2 Å². The van der Waals surface area contributed by atoms with Gasteiger partial charge >= 0.3 is 7.82 Å². The van der Waals surface area contributed by atoms with Crippen LogP contribution in [0.4, 0.5) is 0 Å². The van der Waals surface area contributed by atoms with E-state index in [1.807, 2.05) is 36.4 Å². The number of phosphoric acid groups is 1. The number of ether oxygens (including phenoxy) is 1. The molecule has 0 spiro atoms. The average molecular weight is 491 g/mol. The zero-order chi connectivity index (χ0) is 22.2. The first kappa shape index (κ1) is 26.3. The van der Waals surface area contributed by atoms with Gasteiger partial charge < -0.3 is 20.3 Å². The van der Waals surface area contributed by atoms with E-state index >= 15 is 0 Å². The number of fused-ring (bicyclic) bond motifs is 1. The Bertz CT molecular complexity index is 937. The molecular weight excluding hydrogens is 457 g/mol. The van der Waals surface area contributed by atoms with E-state index in [4.69, 9.17) is 20.3 Å². The summed E-state index contributed by atoms with van der Waals surface area (Å²) in [4.78, 5) is 17.9. The topological polar surface area (TPSA) is 102 Å². The van der Waals surface area contributed by atoms with Crippen LogP contribution in [0.15, 0.2) is 36.4 Å². The minimum absolute atomic E-state index is 0. The second-order valence-electron chi connectivity index (χ2n) is 9.87. The van der Waals surface area contributed by atoms with Gasteiger partial charge in [0.15, 0.2) is 0 Å². The van der Waals surface area contributed by atoms with Gasteiger partial charge in [0, 0.05) is 17.1 Å². The Morgan fingerprint density at radius 3 is 2.35 bits per heavy atom. The molecule has 1 aliphatic rings. The molecular formula is C23H34FeNO5P. The van der Waals surface area contributed by atoms with Crippen LogP contribution in [0, 0.1) is 11.3 Å². The maximum atomic E-state index is 11.0. The van der Waals surface area contributed by atoms with Crippen molar-refractivity contribution in [2.24, 2.45) is 17.1 Å². The SMILES string of the molecule is CC(C)(C)C1CCCC(Oc2ccc3cc([C@@](C)(N)COP(=O)(O)O)ccc3c2)C1.[Fe]. The molecule has 2 aromatic carbocycles. The molecule has 0 radical (unpaired) electrons. The van der Waals surface area contributed by atoms with Crippen molar-refractivity contribution in [3.05, 3.63) is 42.0 Å². The molecule has 4 N–H and O–H groups in total. The predicted molar refractivity (Wildman–Crippen MR) is 119 cm³/mol. The van der Waals surface area contributed by atoms with E-state index in [0.717, 1.165) is 34.9 Å². The number of hydrogen-bond acceptors (Lipinski definition) is 4. The molecule has 3 atom stereocenters. The quantitative estimate of drug-likeness (QED) is 0.384. The minimum Gasteiger partial charge on any atom is -0.490 e. The first-order valence-electron chi connectivity index (χ1n) is 10.5. The zero-order valence-electron chi connectivity index (χ0n) is 18.7. The van der Waals surface area contributed by atoms with Gasteiger partial charge in [0.25, 0.3) is 0 Å². The first-order valence-corrected chi connectivity index (χ1v) is 12.1. The van der Waals surface area contributed by atoms with Crippen LogP contribution in [0.5, 0.6) is 5.75 Å². The average Bonchev–Trinajstić information content (AvgIpc) is 2.65. The molecule has 2 aromatic rings. The smallest absolute Gasteiger partial charge is 0.469 e. The van der Waals surface area contributed by atoms with Crippen molar-refractivity contribution < 1.29 is 40.7 Å². The van der Waals surface area contributed by atoms with Gasteiger partial charge in [-0.2, -0.15) is 0 Å². The summed E-state index contributed by atoms with van der Waals surface area (Å²) in [6.07, 6.45) is 4.90. The van der Waals surface area contributed by atoms with Crippen LogP contribution < -0.4 is 10.5 Å². The van der Waals surface area contributed by atoms with Crippen molar-refractivity contribution in [2.75, 3.05) is 6.61 Å². The second kappa shape index (κ2) is 9.92. The molecule has 1 fully saturated rings. The summed E-state index contributed by atoms with van der Waals surface area (Å²) in [5.74, 6) is 1.55. The van der Waals surface area contributed by atoms with E-state index in [1.54, 1.807) is 6.92 Å². The summed E-state index contributed by atoms with van der Waals surface area (Å²) in [5.41, 5.74) is 6.28. The predicted octanol–water partition coefficient (Wildman–Crippen LogP) is 5.10. The van der Waals surface area contributed by atoms with Crippen molar-refractivity contribution in [3.63, 3.8) is 0 Å². The molecule has 0 heterocycles. The molecule has 0 amide bonds. The fourth-order valence-corrected chi connectivity index (χ4v) is 4.62. The van der Waals surface area contributed by atoms with Crippen LogP contribution in [-0.2, 0) is 31.7 Å². The van der Waals surface area contributed by atoms with E-state index in [0.29, 0.717) is 11.3 Å². The number of hydrogen-bond donors (Lipinski definition) is 3. The molecule has 0 bridgehead atoms. The molecule has 1 aliphatic carbocycles. The second-order valence-corrected chi connectivity index (χ2v) is 11.1. The van der Waals surface area contributed by atoms with Crippen molar-refractivity contribution in [2.45, 2.75) is 65.0 Å². The normalized spacial score (nSPS) is 21.9. The Labute approximate surface area is 195 Å². The Balaban J connectivity index is 0.00000341. The van der Waals surface area contributed by atoms with E-state index < -0.39 is 13.4 Å². The van der Waals surface area contributed by atoms with Crippen molar-refractivity contribution in [1.82, 2.24) is 0 Å². The van der Waals surface area contributed by atoms with Crippen LogP contribution in [0.2, 0.25) is 0 Å². The van der Waals surface area contributed by atoms with Gasteiger partial charge in [-0.25, -0.2) is 4.57 Å². The monoisotopic (exact) mass is 491 g/mol. The summed E-state index contributed by atoms with van der Waals surface area (Å²) >= 11 is 0. The van der Waals surface area contributed by atoms with Crippen LogP contribution in [0.25, 0.3) is 10.8 Å². The Hall–Kier alpha value is -0.911. The molecule has 8 heteroatoms. The van der Waals surface area contributed by atoms with Gasteiger partial charge in [0.2, 0.25) is 0 Å². The Kier molecular flexibility index (Phi) is 8.43. The number of rotatable bonds is 6. The standard InChI is InChI=1S/C23H34NO5P.Fe/c1-22(2,3)18-6-5-7-20(14-18)29-21-11-9-16-12-19(10-8-17(16)13-21)23(4,24)15-28-30(25,26)27;/h8-13,18,20H,5-7,14-15,24H2,1-4H3,(H2,25,26,27);/t18?,20?,23-;/m0./s1. The zero-order valence-corrected chi connectivity index (χ0v) is 20.7. The summed E-state index contributed by atoms with van der Waals surface area (Å²) in [6, 6.07) is 11.8. The molecule has 2 unspecified atom stereocenters. The molecule has 3 rings (SSSR count). The maximum absolute atomic E-state index is 11.0. The Morgan fingerprint density at radius 2 is 1.71 bits per heavy atom. The van der Waals surface area contributed by atoms with Crippen LogP contribution in [0.3, 0.4) is 0 Å². The molecule has 1 saturated carbocycles. The van der Waals surface area contributed by atoms with E-state index in [2.05, 4.69) is 25.3 Å². The number of benzene rings is 2. The molecule has 31 heavy (non-hydrogen) atoms. The van der Waals surface area contributed by atoms with Crippen LogP contribution in [0.1, 0.15) is 58.9 Å². The van der Waals surface area contributed by atoms with Gasteiger partial charge in [-0.3, -0.25) is 4.52 Å². The molecule has 174 valence electrons. The van der Waals surface area contributed by atoms with Crippen molar-refractivity contribution in [1.29, 1.82) is 0 Å². The summed E-state index contributed by atoms with van der Waals surface area (Å²) in [6.45, 7) is 8.34. The summed E-state index contributed by atoms with van der Waals surface area (Å²) < 4.78 is 21.9. The van der Waals surface area contributed by atoms with E-state index in [-0.39, 0.29) is 29.8 Å². The maximum Gasteiger partial charge on any atom is 0.469 e. The molecule has 0 saturated heterocycles. The van der Waals surface area contributed by atoms with E-state index in [9.17, 15) is 4.57 Å². The summed E-state index contributed by atoms with van der Waals surface area (Å²) in [5, 5.41) is 2.02. The third-order valence-electron chi connectivity index (χ3n) is 6.16. The Morgan fingerprint density at radius 1 is 1.06 bits per heavy atom. The fourth-order valence-electron chi connectivity index (χ4n) is 4.18. The first-order chi connectivity index (χ1) is 13.8. The van der Waals surface area contributed by atoms with Gasteiger partial charge in [-0.1, -0.05) is 39.0 Å². The third kappa shape index (κ3) is 7.30. The van der Waals surface area contributed by atoms with Gasteiger partial charge in [-0.05, 0) is 78.5 Å². The third-order valence-corrected chi connectivity index (χ3v) is 6.62. The summed E-state index contributed by atoms with van der Waals surface area (Å²) in [7, 11) is -4.57.